The van der Waals surface area contributed by atoms with Gasteiger partial charge in [0.1, 0.15) is 5.75 Å². The van der Waals surface area contributed by atoms with Crippen LogP contribution in [0.1, 0.15) is 48.7 Å². The van der Waals surface area contributed by atoms with Gasteiger partial charge < -0.3 is 14.2 Å². The summed E-state index contributed by atoms with van der Waals surface area (Å²) in [4.78, 5) is 4.56. The summed E-state index contributed by atoms with van der Waals surface area (Å²) in [6.07, 6.45) is 5.11. The molecule has 0 bridgehead atoms. The number of sulfonamides is 1. The van der Waals surface area contributed by atoms with Crippen LogP contribution >= 0.6 is 0 Å². The van der Waals surface area contributed by atoms with Gasteiger partial charge in [0.2, 0.25) is 15.9 Å². The van der Waals surface area contributed by atoms with Crippen LogP contribution < -0.4 is 14.2 Å². The van der Waals surface area contributed by atoms with E-state index in [0.717, 1.165) is 51.1 Å². The second kappa shape index (κ2) is 11.4. The lowest BCUT2D eigenvalue weighted by atomic mass is 9.83. The van der Waals surface area contributed by atoms with Crippen molar-refractivity contribution in [3.05, 3.63) is 70.4 Å². The van der Waals surface area contributed by atoms with Crippen LogP contribution in [-0.4, -0.2) is 41.0 Å². The number of hydrogen-bond donors (Lipinski definition) is 1. The molecule has 0 spiro atoms. The second-order valence-electron chi connectivity index (χ2n) is 9.96. The van der Waals surface area contributed by atoms with Crippen LogP contribution in [0.25, 0.3) is 23.3 Å². The molecule has 0 saturated carbocycles. The number of methoxy groups -OCH3 is 3. The molecule has 0 saturated heterocycles. The minimum atomic E-state index is -3.39. The summed E-state index contributed by atoms with van der Waals surface area (Å²) in [5.74, 6) is 1.35. The molecule has 1 heterocycles. The molecule has 0 fully saturated rings. The number of aryl methyl sites for hydroxylation is 1. The molecule has 37 heavy (non-hydrogen) atoms. The number of nitrogens with zero attached hydrogens (tertiary/aromatic N) is 1. The number of ether oxygens (including phenoxy) is 3. The lowest BCUT2D eigenvalue weighted by molar-refractivity contribution is 0.185. The van der Waals surface area contributed by atoms with Crippen molar-refractivity contribution < 1.29 is 22.6 Å². The predicted octanol–water partition coefficient (Wildman–Crippen LogP) is 6.06. The molecule has 0 unspecified atom stereocenters. The normalized spacial score (nSPS) is 12.1. The fourth-order valence-electron chi connectivity index (χ4n) is 4.13. The highest BCUT2D eigenvalue weighted by Gasteiger charge is 2.23. The van der Waals surface area contributed by atoms with Gasteiger partial charge in [0.15, 0.2) is 0 Å². The third-order valence-electron chi connectivity index (χ3n) is 5.82. The summed E-state index contributed by atoms with van der Waals surface area (Å²) >= 11 is 0. The molecule has 7 nitrogen and oxygen atoms in total. The fourth-order valence-corrected chi connectivity index (χ4v) is 4.68. The average Bonchev–Trinajstić information content (AvgIpc) is 2.81. The molecule has 0 amide bonds. The van der Waals surface area contributed by atoms with E-state index in [4.69, 9.17) is 14.2 Å². The molecular weight excluding hydrogens is 488 g/mol. The van der Waals surface area contributed by atoms with Gasteiger partial charge in [-0.2, -0.15) is 0 Å². The van der Waals surface area contributed by atoms with Gasteiger partial charge >= 0.3 is 0 Å². The fraction of sp³-hybridized carbons (Fsp3) is 0.345. The standard InChI is InChI=1S/C29H36N2O5S/c1-19-9-14-25(28(30-19)36-7)22-15-21(27(35-6)26(17-22)29(2,3)4)11-10-20-12-13-24(31-37(8,32)33)16-23(20)18-34-5/h9-17,31H,18H2,1-8H3/b11-10+. The Morgan fingerprint density at radius 2 is 1.65 bits per heavy atom. The number of hydrogen-bond acceptors (Lipinski definition) is 6. The summed E-state index contributed by atoms with van der Waals surface area (Å²) in [5, 5.41) is 0. The maximum absolute atomic E-state index is 11.7. The van der Waals surface area contributed by atoms with E-state index in [2.05, 4.69) is 42.6 Å². The molecule has 8 heteroatoms. The van der Waals surface area contributed by atoms with Crippen molar-refractivity contribution in [2.45, 2.75) is 39.7 Å². The SMILES string of the molecule is COCc1cc(NS(C)(=O)=O)ccc1/C=C/c1cc(-c2ccc(C)nc2OC)cc(C(C)(C)C)c1OC. The number of pyridine rings is 1. The van der Waals surface area contributed by atoms with Crippen molar-refractivity contribution >= 4 is 27.9 Å². The summed E-state index contributed by atoms with van der Waals surface area (Å²) in [5.41, 5.74) is 6.75. The van der Waals surface area contributed by atoms with Gasteiger partial charge in [0.25, 0.3) is 0 Å². The lowest BCUT2D eigenvalue weighted by Gasteiger charge is -2.25. The van der Waals surface area contributed by atoms with Crippen molar-refractivity contribution in [2.24, 2.45) is 0 Å². The summed E-state index contributed by atoms with van der Waals surface area (Å²) in [6, 6.07) is 13.6. The third-order valence-corrected chi connectivity index (χ3v) is 6.43. The van der Waals surface area contributed by atoms with E-state index in [9.17, 15) is 8.42 Å². The van der Waals surface area contributed by atoms with E-state index in [1.807, 2.05) is 37.3 Å². The van der Waals surface area contributed by atoms with Crippen LogP contribution in [0.5, 0.6) is 11.6 Å². The quantitative estimate of drug-likeness (QED) is 0.343. The predicted molar refractivity (Wildman–Crippen MR) is 151 cm³/mol. The van der Waals surface area contributed by atoms with Crippen molar-refractivity contribution in [2.75, 3.05) is 32.3 Å². The van der Waals surface area contributed by atoms with Gasteiger partial charge in [-0.15, -0.1) is 0 Å². The molecule has 1 aromatic heterocycles. The Labute approximate surface area is 220 Å². The zero-order chi connectivity index (χ0) is 27.4. The second-order valence-corrected chi connectivity index (χ2v) is 11.7. The molecule has 0 aliphatic carbocycles. The molecular formula is C29H36N2O5S. The van der Waals surface area contributed by atoms with E-state index >= 15 is 0 Å². The van der Waals surface area contributed by atoms with Gasteiger partial charge in [-0.1, -0.05) is 39.0 Å². The number of rotatable bonds is 9. The first-order valence-electron chi connectivity index (χ1n) is 11.9. The molecule has 0 atom stereocenters. The van der Waals surface area contributed by atoms with Gasteiger partial charge in [-0.05, 0) is 65.4 Å². The summed E-state index contributed by atoms with van der Waals surface area (Å²) in [7, 11) is 1.52. The maximum atomic E-state index is 11.7. The van der Waals surface area contributed by atoms with E-state index < -0.39 is 10.0 Å². The Balaban J connectivity index is 2.18. The van der Waals surface area contributed by atoms with Crippen LogP contribution in [-0.2, 0) is 26.8 Å². The first-order chi connectivity index (χ1) is 17.4. The van der Waals surface area contributed by atoms with E-state index in [0.29, 0.717) is 18.2 Å². The summed E-state index contributed by atoms with van der Waals surface area (Å²) < 4.78 is 42.8. The van der Waals surface area contributed by atoms with Crippen LogP contribution in [0, 0.1) is 6.92 Å². The first-order valence-corrected chi connectivity index (χ1v) is 13.8. The zero-order valence-electron chi connectivity index (χ0n) is 22.8. The smallest absolute Gasteiger partial charge is 0.229 e. The van der Waals surface area contributed by atoms with Gasteiger partial charge in [-0.3, -0.25) is 4.72 Å². The van der Waals surface area contributed by atoms with Crippen molar-refractivity contribution in [3.63, 3.8) is 0 Å². The van der Waals surface area contributed by atoms with Crippen LogP contribution in [0.15, 0.2) is 42.5 Å². The number of anilines is 1. The van der Waals surface area contributed by atoms with E-state index in [1.54, 1.807) is 33.5 Å². The first kappa shape index (κ1) is 28.2. The molecule has 0 radical (unpaired) electrons. The van der Waals surface area contributed by atoms with Gasteiger partial charge in [-0.25, -0.2) is 13.4 Å². The largest absolute Gasteiger partial charge is 0.496 e. The van der Waals surface area contributed by atoms with E-state index in [1.165, 1.54) is 0 Å². The number of benzene rings is 2. The zero-order valence-corrected chi connectivity index (χ0v) is 23.6. The maximum Gasteiger partial charge on any atom is 0.229 e. The monoisotopic (exact) mass is 524 g/mol. The Kier molecular flexibility index (Phi) is 8.66. The average molecular weight is 525 g/mol. The molecule has 3 aromatic rings. The highest BCUT2D eigenvalue weighted by molar-refractivity contribution is 7.92. The highest BCUT2D eigenvalue weighted by Crippen LogP contribution is 2.40. The van der Waals surface area contributed by atoms with Gasteiger partial charge in [0.05, 0.1) is 27.1 Å². The Morgan fingerprint density at radius 1 is 0.946 bits per heavy atom. The third kappa shape index (κ3) is 7.11. The molecule has 2 aromatic carbocycles. The highest BCUT2D eigenvalue weighted by atomic mass is 32.2. The molecule has 198 valence electrons. The number of aromatic nitrogens is 1. The minimum Gasteiger partial charge on any atom is -0.496 e. The minimum absolute atomic E-state index is 0.185. The Hall–Kier alpha value is -3.36. The molecule has 0 aliphatic rings. The van der Waals surface area contributed by atoms with Crippen LogP contribution in [0.3, 0.4) is 0 Å². The molecule has 1 N–H and O–H groups in total. The topological polar surface area (TPSA) is 86.8 Å². The Bertz CT molecular complexity index is 1410. The van der Waals surface area contributed by atoms with Crippen molar-refractivity contribution in [1.29, 1.82) is 0 Å². The molecule has 3 rings (SSSR count). The van der Waals surface area contributed by atoms with Crippen LogP contribution in [0.2, 0.25) is 0 Å². The lowest BCUT2D eigenvalue weighted by Crippen LogP contribution is -2.14. The Morgan fingerprint density at radius 3 is 2.24 bits per heavy atom. The van der Waals surface area contributed by atoms with Crippen LogP contribution in [0.4, 0.5) is 5.69 Å². The summed E-state index contributed by atoms with van der Waals surface area (Å²) in [6.45, 7) is 8.71. The van der Waals surface area contributed by atoms with Crippen molar-refractivity contribution in [1.82, 2.24) is 4.98 Å². The van der Waals surface area contributed by atoms with Gasteiger partial charge in [0, 0.05) is 35.2 Å². The van der Waals surface area contributed by atoms with E-state index in [-0.39, 0.29) is 5.41 Å². The molecule has 0 aliphatic heterocycles. The van der Waals surface area contributed by atoms with Crippen molar-refractivity contribution in [3.8, 4) is 22.8 Å². The number of nitrogens with one attached hydrogen (secondary N) is 1.